The van der Waals surface area contributed by atoms with Crippen molar-refractivity contribution in [3.63, 3.8) is 0 Å². The highest BCUT2D eigenvalue weighted by atomic mass is 16.5. The largest absolute Gasteiger partial charge is 0.497 e. The third kappa shape index (κ3) is 3.55. The first kappa shape index (κ1) is 15.4. The monoisotopic (exact) mass is 289 g/mol. The first-order valence-electron chi connectivity index (χ1n) is 7.05. The summed E-state index contributed by atoms with van der Waals surface area (Å²) >= 11 is 0. The molecule has 114 valence electrons. The molecule has 0 amide bonds. The number of nitrogens with one attached hydrogen (secondary N) is 1. The van der Waals surface area contributed by atoms with Crippen molar-refractivity contribution < 1.29 is 9.47 Å². The van der Waals surface area contributed by atoms with Crippen molar-refractivity contribution in [2.75, 3.05) is 21.3 Å². The van der Waals surface area contributed by atoms with Gasteiger partial charge in [-0.2, -0.15) is 0 Å². The van der Waals surface area contributed by atoms with Crippen molar-refractivity contribution in [1.82, 2.24) is 14.9 Å². The molecule has 2 aromatic rings. The SMILES string of the molecule is CNC(CCc1nccn1C)c1cc(OC)ccc1OC. The molecule has 1 unspecified atom stereocenters. The molecule has 0 radical (unpaired) electrons. The van der Waals surface area contributed by atoms with Crippen LogP contribution < -0.4 is 14.8 Å². The molecule has 0 aliphatic rings. The van der Waals surface area contributed by atoms with Crippen LogP contribution in [0.3, 0.4) is 0 Å². The minimum absolute atomic E-state index is 0.187. The quantitative estimate of drug-likeness (QED) is 0.850. The molecule has 1 atom stereocenters. The maximum atomic E-state index is 5.47. The van der Waals surface area contributed by atoms with Crippen LogP contribution in [0.1, 0.15) is 23.9 Å². The van der Waals surface area contributed by atoms with Crippen LogP contribution in [-0.4, -0.2) is 30.8 Å². The third-order valence-electron chi connectivity index (χ3n) is 3.74. The fraction of sp³-hybridized carbons (Fsp3) is 0.438. The van der Waals surface area contributed by atoms with E-state index in [4.69, 9.17) is 9.47 Å². The first-order chi connectivity index (χ1) is 10.2. The molecular weight excluding hydrogens is 266 g/mol. The Morgan fingerprint density at radius 3 is 2.67 bits per heavy atom. The highest BCUT2D eigenvalue weighted by molar-refractivity contribution is 5.42. The van der Waals surface area contributed by atoms with E-state index < -0.39 is 0 Å². The number of rotatable bonds is 7. The summed E-state index contributed by atoms with van der Waals surface area (Å²) in [6.45, 7) is 0. The summed E-state index contributed by atoms with van der Waals surface area (Å²) in [5, 5.41) is 3.35. The van der Waals surface area contributed by atoms with E-state index in [1.807, 2.05) is 44.7 Å². The lowest BCUT2D eigenvalue weighted by molar-refractivity contribution is 0.389. The van der Waals surface area contributed by atoms with E-state index in [-0.39, 0.29) is 6.04 Å². The fourth-order valence-electron chi connectivity index (χ4n) is 2.48. The Hall–Kier alpha value is -2.01. The molecule has 2 rings (SSSR count). The smallest absolute Gasteiger partial charge is 0.123 e. The molecule has 1 N–H and O–H groups in total. The van der Waals surface area contributed by atoms with Crippen LogP contribution in [0, 0.1) is 0 Å². The normalized spacial score (nSPS) is 12.2. The number of methoxy groups -OCH3 is 2. The van der Waals surface area contributed by atoms with Gasteiger partial charge in [-0.15, -0.1) is 0 Å². The van der Waals surface area contributed by atoms with Crippen molar-refractivity contribution in [3.05, 3.63) is 42.0 Å². The van der Waals surface area contributed by atoms with E-state index in [9.17, 15) is 0 Å². The predicted molar refractivity (Wildman–Crippen MR) is 82.9 cm³/mol. The summed E-state index contributed by atoms with van der Waals surface area (Å²) in [7, 11) is 7.34. The second-order valence-corrected chi connectivity index (χ2v) is 4.94. The Kier molecular flexibility index (Phi) is 5.22. The summed E-state index contributed by atoms with van der Waals surface area (Å²) in [6, 6.07) is 6.07. The first-order valence-corrected chi connectivity index (χ1v) is 7.05. The lowest BCUT2D eigenvalue weighted by Crippen LogP contribution is -2.18. The van der Waals surface area contributed by atoms with E-state index in [0.717, 1.165) is 35.7 Å². The van der Waals surface area contributed by atoms with Gasteiger partial charge in [0.05, 0.1) is 14.2 Å². The minimum Gasteiger partial charge on any atom is -0.497 e. The van der Waals surface area contributed by atoms with Gasteiger partial charge in [-0.25, -0.2) is 4.98 Å². The molecule has 0 bridgehead atoms. The molecule has 0 fully saturated rings. The summed E-state index contributed by atoms with van der Waals surface area (Å²) < 4.78 is 12.8. The van der Waals surface area contributed by atoms with Crippen LogP contribution in [0.4, 0.5) is 0 Å². The highest BCUT2D eigenvalue weighted by Crippen LogP contribution is 2.31. The average Bonchev–Trinajstić information content (AvgIpc) is 2.93. The average molecular weight is 289 g/mol. The van der Waals surface area contributed by atoms with Gasteiger partial charge in [0.15, 0.2) is 0 Å². The van der Waals surface area contributed by atoms with Gasteiger partial charge in [0.25, 0.3) is 0 Å². The second-order valence-electron chi connectivity index (χ2n) is 4.94. The van der Waals surface area contributed by atoms with Gasteiger partial charge in [-0.3, -0.25) is 0 Å². The Bertz CT molecular complexity index is 581. The maximum absolute atomic E-state index is 5.47. The van der Waals surface area contributed by atoms with Crippen LogP contribution in [0.5, 0.6) is 11.5 Å². The molecule has 0 aliphatic heterocycles. The zero-order valence-corrected chi connectivity index (χ0v) is 13.1. The molecule has 0 aliphatic carbocycles. The summed E-state index contributed by atoms with van der Waals surface area (Å²) in [4.78, 5) is 4.37. The van der Waals surface area contributed by atoms with E-state index >= 15 is 0 Å². The van der Waals surface area contributed by atoms with Gasteiger partial charge in [-0.05, 0) is 31.7 Å². The second kappa shape index (κ2) is 7.13. The minimum atomic E-state index is 0.187. The van der Waals surface area contributed by atoms with Crippen molar-refractivity contribution in [3.8, 4) is 11.5 Å². The van der Waals surface area contributed by atoms with E-state index in [2.05, 4.69) is 14.9 Å². The van der Waals surface area contributed by atoms with E-state index in [1.165, 1.54) is 0 Å². The molecule has 1 aromatic heterocycles. The Morgan fingerprint density at radius 2 is 2.10 bits per heavy atom. The van der Waals surface area contributed by atoms with E-state index in [1.54, 1.807) is 14.2 Å². The number of imidazole rings is 1. The van der Waals surface area contributed by atoms with Crippen LogP contribution in [0.15, 0.2) is 30.6 Å². The molecule has 0 saturated carbocycles. The van der Waals surface area contributed by atoms with Gasteiger partial charge in [0.2, 0.25) is 0 Å². The molecule has 21 heavy (non-hydrogen) atoms. The van der Waals surface area contributed by atoms with Gasteiger partial charge >= 0.3 is 0 Å². The molecule has 1 aromatic carbocycles. The van der Waals surface area contributed by atoms with Crippen LogP contribution >= 0.6 is 0 Å². The Labute approximate surface area is 125 Å². The maximum Gasteiger partial charge on any atom is 0.123 e. The number of aromatic nitrogens is 2. The summed E-state index contributed by atoms with van der Waals surface area (Å²) in [5.74, 6) is 2.79. The standard InChI is InChI=1S/C16H23N3O2/c1-17-14(6-8-16-18-9-10-19(16)2)13-11-12(20-3)5-7-15(13)21-4/h5,7,9-11,14,17H,6,8H2,1-4H3. The van der Waals surface area contributed by atoms with Crippen LogP contribution in [0.2, 0.25) is 0 Å². The number of benzene rings is 1. The van der Waals surface area contributed by atoms with Gasteiger partial charge < -0.3 is 19.4 Å². The molecule has 0 saturated heterocycles. The summed E-state index contributed by atoms with van der Waals surface area (Å²) in [6.07, 6.45) is 5.63. The Balaban J connectivity index is 2.18. The van der Waals surface area contributed by atoms with Crippen LogP contribution in [0.25, 0.3) is 0 Å². The van der Waals surface area contributed by atoms with E-state index in [0.29, 0.717) is 0 Å². The van der Waals surface area contributed by atoms with Crippen molar-refractivity contribution in [1.29, 1.82) is 0 Å². The van der Waals surface area contributed by atoms with Gasteiger partial charge in [0.1, 0.15) is 17.3 Å². The lowest BCUT2D eigenvalue weighted by atomic mass is 10.0. The molecular formula is C16H23N3O2. The summed E-state index contributed by atoms with van der Waals surface area (Å²) in [5.41, 5.74) is 1.11. The number of aryl methyl sites for hydroxylation is 2. The molecule has 5 heteroatoms. The van der Waals surface area contributed by atoms with Crippen molar-refractivity contribution in [2.24, 2.45) is 7.05 Å². The van der Waals surface area contributed by atoms with Crippen LogP contribution in [-0.2, 0) is 13.5 Å². The van der Waals surface area contributed by atoms with Gasteiger partial charge in [-0.1, -0.05) is 0 Å². The van der Waals surface area contributed by atoms with Crippen molar-refractivity contribution in [2.45, 2.75) is 18.9 Å². The topological polar surface area (TPSA) is 48.3 Å². The van der Waals surface area contributed by atoms with Crippen molar-refractivity contribution >= 4 is 0 Å². The molecule has 5 nitrogen and oxygen atoms in total. The number of hydrogen-bond acceptors (Lipinski definition) is 4. The fourth-order valence-corrected chi connectivity index (χ4v) is 2.48. The highest BCUT2D eigenvalue weighted by Gasteiger charge is 2.16. The Morgan fingerprint density at radius 1 is 1.29 bits per heavy atom. The zero-order valence-electron chi connectivity index (χ0n) is 13.1. The number of hydrogen-bond donors (Lipinski definition) is 1. The zero-order chi connectivity index (χ0) is 15.2. The number of ether oxygens (including phenoxy) is 2. The van der Waals surface area contributed by atoms with Gasteiger partial charge in [0, 0.05) is 37.5 Å². The molecule has 1 heterocycles. The lowest BCUT2D eigenvalue weighted by Gasteiger charge is -2.20. The predicted octanol–water partition coefficient (Wildman–Crippen LogP) is 2.33. The molecule has 0 spiro atoms. The third-order valence-corrected chi connectivity index (χ3v) is 3.74. The number of nitrogens with zero attached hydrogens (tertiary/aromatic N) is 2.